The van der Waals surface area contributed by atoms with Crippen molar-refractivity contribution in [3.8, 4) is 5.82 Å². The predicted molar refractivity (Wildman–Crippen MR) is 89.2 cm³/mol. The number of halogens is 2. The highest BCUT2D eigenvalue weighted by atomic mass is 35.5. The lowest BCUT2D eigenvalue weighted by molar-refractivity contribution is 0.0930. The van der Waals surface area contributed by atoms with E-state index in [1.165, 1.54) is 0 Å². The summed E-state index contributed by atoms with van der Waals surface area (Å²) in [6, 6.07) is 5.50. The van der Waals surface area contributed by atoms with Gasteiger partial charge >= 0.3 is 0 Å². The number of nitrogens with zero attached hydrogens (tertiary/aromatic N) is 3. The Hall–Kier alpha value is -1.63. The summed E-state index contributed by atoms with van der Waals surface area (Å²) in [6.07, 6.45) is 7.23. The number of aromatic nitrogens is 3. The summed E-state index contributed by atoms with van der Waals surface area (Å²) in [6.45, 7) is 1.87. The molecule has 22 heavy (non-hydrogen) atoms. The fourth-order valence-corrected chi connectivity index (χ4v) is 2.33. The number of pyridine rings is 1. The molecular weight excluding hydrogens is 325 g/mol. The molecule has 3 rings (SSSR count). The summed E-state index contributed by atoms with van der Waals surface area (Å²) in [5, 5.41) is 10.4. The lowest BCUT2D eigenvalue weighted by Crippen LogP contribution is -2.45. The number of rotatable bonds is 3. The van der Waals surface area contributed by atoms with E-state index in [1.807, 2.05) is 6.07 Å². The van der Waals surface area contributed by atoms with E-state index in [4.69, 9.17) is 0 Å². The zero-order valence-electron chi connectivity index (χ0n) is 11.9. The quantitative estimate of drug-likeness (QED) is 0.887. The Balaban J connectivity index is 0.00000121. The highest BCUT2D eigenvalue weighted by Gasteiger charge is 2.16. The maximum absolute atomic E-state index is 12.2. The van der Waals surface area contributed by atoms with E-state index in [0.29, 0.717) is 11.4 Å². The Morgan fingerprint density at radius 1 is 1.36 bits per heavy atom. The van der Waals surface area contributed by atoms with E-state index < -0.39 is 0 Å². The van der Waals surface area contributed by atoms with Crippen LogP contribution in [0.1, 0.15) is 23.2 Å². The number of hydrogen-bond acceptors (Lipinski definition) is 4. The van der Waals surface area contributed by atoms with Gasteiger partial charge in [-0.25, -0.2) is 9.67 Å². The van der Waals surface area contributed by atoms with Crippen LogP contribution in [0.2, 0.25) is 0 Å². The molecule has 0 unspecified atom stereocenters. The van der Waals surface area contributed by atoms with Crippen LogP contribution in [0.4, 0.5) is 0 Å². The average Bonchev–Trinajstić information content (AvgIpc) is 3.03. The topological polar surface area (TPSA) is 71.8 Å². The van der Waals surface area contributed by atoms with Crippen molar-refractivity contribution >= 4 is 30.7 Å². The second kappa shape index (κ2) is 8.73. The molecule has 0 bridgehead atoms. The molecule has 3 heterocycles. The number of carbonyl (C=O) groups is 1. The van der Waals surface area contributed by atoms with Crippen molar-refractivity contribution in [1.29, 1.82) is 0 Å². The molecule has 0 aromatic carbocycles. The first-order valence-electron chi connectivity index (χ1n) is 6.80. The summed E-state index contributed by atoms with van der Waals surface area (Å²) in [5.74, 6) is 0.582. The van der Waals surface area contributed by atoms with Crippen molar-refractivity contribution in [3.63, 3.8) is 0 Å². The SMILES string of the molecule is Cl.Cl.O=C(N[C@H]1CCCNC1)c1ccnc(-n2cccn2)c1. The molecule has 1 fully saturated rings. The zero-order chi connectivity index (χ0) is 13.8. The maximum Gasteiger partial charge on any atom is 0.251 e. The van der Waals surface area contributed by atoms with Crippen LogP contribution in [-0.4, -0.2) is 39.8 Å². The Morgan fingerprint density at radius 2 is 2.23 bits per heavy atom. The van der Waals surface area contributed by atoms with Gasteiger partial charge in [0.25, 0.3) is 5.91 Å². The second-order valence-electron chi connectivity index (χ2n) is 4.87. The van der Waals surface area contributed by atoms with Crippen LogP contribution < -0.4 is 10.6 Å². The molecule has 8 heteroatoms. The number of carbonyl (C=O) groups excluding carboxylic acids is 1. The van der Waals surface area contributed by atoms with Gasteiger partial charge in [-0.3, -0.25) is 4.79 Å². The van der Waals surface area contributed by atoms with Crippen LogP contribution >= 0.6 is 24.8 Å². The molecule has 0 radical (unpaired) electrons. The number of amides is 1. The van der Waals surface area contributed by atoms with Gasteiger partial charge in [-0.2, -0.15) is 5.10 Å². The molecule has 1 amide bonds. The number of nitrogens with one attached hydrogen (secondary N) is 2. The zero-order valence-corrected chi connectivity index (χ0v) is 13.6. The van der Waals surface area contributed by atoms with E-state index in [0.717, 1.165) is 25.9 Å². The summed E-state index contributed by atoms with van der Waals surface area (Å²) in [5.41, 5.74) is 0.607. The van der Waals surface area contributed by atoms with Gasteiger partial charge in [-0.1, -0.05) is 0 Å². The van der Waals surface area contributed by atoms with E-state index in [9.17, 15) is 4.79 Å². The summed E-state index contributed by atoms with van der Waals surface area (Å²) in [7, 11) is 0. The first-order valence-corrected chi connectivity index (χ1v) is 6.80. The molecular formula is C14H19Cl2N5O. The van der Waals surface area contributed by atoms with Crippen molar-refractivity contribution in [3.05, 3.63) is 42.4 Å². The van der Waals surface area contributed by atoms with E-state index in [-0.39, 0.29) is 36.8 Å². The number of piperidine rings is 1. The Bertz CT molecular complexity index is 585. The van der Waals surface area contributed by atoms with Gasteiger partial charge in [0.2, 0.25) is 0 Å². The third kappa shape index (κ3) is 4.43. The van der Waals surface area contributed by atoms with Crippen molar-refractivity contribution in [2.24, 2.45) is 0 Å². The standard InChI is InChI=1S/C14H17N5O.2ClH/c20-14(18-12-3-1-5-15-10-12)11-4-7-16-13(9-11)19-8-2-6-17-19;;/h2,4,6-9,12,15H,1,3,5,10H2,(H,18,20);2*1H/t12-;;/m0../s1. The van der Waals surface area contributed by atoms with E-state index >= 15 is 0 Å². The van der Waals surface area contributed by atoms with Crippen molar-refractivity contribution in [1.82, 2.24) is 25.4 Å². The molecule has 2 aromatic heterocycles. The van der Waals surface area contributed by atoms with Crippen LogP contribution in [0.5, 0.6) is 0 Å². The molecule has 0 spiro atoms. The molecule has 6 nitrogen and oxygen atoms in total. The van der Waals surface area contributed by atoms with Crippen LogP contribution in [0, 0.1) is 0 Å². The minimum Gasteiger partial charge on any atom is -0.348 e. The van der Waals surface area contributed by atoms with Gasteiger partial charge in [-0.15, -0.1) is 24.8 Å². The normalized spacial score (nSPS) is 17.0. The van der Waals surface area contributed by atoms with Gasteiger partial charge < -0.3 is 10.6 Å². The molecule has 1 atom stereocenters. The molecule has 1 saturated heterocycles. The van der Waals surface area contributed by atoms with E-state index in [1.54, 1.807) is 35.4 Å². The fourth-order valence-electron chi connectivity index (χ4n) is 2.33. The third-order valence-corrected chi connectivity index (χ3v) is 3.38. The highest BCUT2D eigenvalue weighted by molar-refractivity contribution is 5.94. The second-order valence-corrected chi connectivity index (χ2v) is 4.87. The van der Waals surface area contributed by atoms with Crippen LogP contribution in [0.25, 0.3) is 5.82 Å². The fraction of sp³-hybridized carbons (Fsp3) is 0.357. The molecule has 120 valence electrons. The first kappa shape index (κ1) is 18.4. The molecule has 0 aliphatic carbocycles. The van der Waals surface area contributed by atoms with Crippen LogP contribution in [0.3, 0.4) is 0 Å². The first-order chi connectivity index (χ1) is 9.83. The Kier molecular flexibility index (Phi) is 7.31. The Labute approximate surface area is 141 Å². The van der Waals surface area contributed by atoms with Crippen molar-refractivity contribution in [2.75, 3.05) is 13.1 Å². The molecule has 2 N–H and O–H groups in total. The van der Waals surface area contributed by atoms with Crippen molar-refractivity contribution < 1.29 is 4.79 Å². The highest BCUT2D eigenvalue weighted by Crippen LogP contribution is 2.08. The van der Waals surface area contributed by atoms with Gasteiger partial charge in [0, 0.05) is 36.7 Å². The van der Waals surface area contributed by atoms with E-state index in [2.05, 4.69) is 20.7 Å². The summed E-state index contributed by atoms with van der Waals surface area (Å²) < 4.78 is 1.64. The maximum atomic E-state index is 12.2. The van der Waals surface area contributed by atoms with Crippen LogP contribution in [0.15, 0.2) is 36.8 Å². The smallest absolute Gasteiger partial charge is 0.251 e. The summed E-state index contributed by atoms with van der Waals surface area (Å²) >= 11 is 0. The molecule has 1 aliphatic rings. The Morgan fingerprint density at radius 3 is 2.91 bits per heavy atom. The minimum atomic E-state index is -0.0606. The number of hydrogen-bond donors (Lipinski definition) is 2. The predicted octanol–water partition coefficient (Wildman–Crippen LogP) is 1.59. The largest absolute Gasteiger partial charge is 0.348 e. The molecule has 2 aromatic rings. The monoisotopic (exact) mass is 343 g/mol. The average molecular weight is 344 g/mol. The minimum absolute atomic E-state index is 0. The lowest BCUT2D eigenvalue weighted by Gasteiger charge is -2.23. The lowest BCUT2D eigenvalue weighted by atomic mass is 10.1. The summed E-state index contributed by atoms with van der Waals surface area (Å²) in [4.78, 5) is 16.5. The van der Waals surface area contributed by atoms with Gasteiger partial charge in [0.15, 0.2) is 5.82 Å². The van der Waals surface area contributed by atoms with Crippen LogP contribution in [-0.2, 0) is 0 Å². The van der Waals surface area contributed by atoms with Gasteiger partial charge in [0.05, 0.1) is 0 Å². The molecule has 0 saturated carbocycles. The molecule has 1 aliphatic heterocycles. The van der Waals surface area contributed by atoms with Crippen molar-refractivity contribution in [2.45, 2.75) is 18.9 Å². The van der Waals surface area contributed by atoms with Gasteiger partial charge in [0.1, 0.15) is 0 Å². The third-order valence-electron chi connectivity index (χ3n) is 3.38. The van der Waals surface area contributed by atoms with Gasteiger partial charge in [-0.05, 0) is 37.6 Å².